The number of nitrogen functional groups attached to an aromatic ring is 1. The lowest BCUT2D eigenvalue weighted by Gasteiger charge is -2.32. The lowest BCUT2D eigenvalue weighted by Crippen LogP contribution is -2.41. The Hall–Kier alpha value is -3.76. The third-order valence-corrected chi connectivity index (χ3v) is 5.22. The monoisotopic (exact) mass is 452 g/mol. The van der Waals surface area contributed by atoms with Crippen molar-refractivity contribution in [2.75, 3.05) is 30.8 Å². The summed E-state index contributed by atoms with van der Waals surface area (Å²) in [5.41, 5.74) is 6.31. The van der Waals surface area contributed by atoms with Crippen LogP contribution in [0.3, 0.4) is 0 Å². The van der Waals surface area contributed by atoms with E-state index < -0.39 is 5.60 Å². The molecule has 1 saturated heterocycles. The topological polar surface area (TPSA) is 136 Å². The Morgan fingerprint density at radius 3 is 2.45 bits per heavy atom. The van der Waals surface area contributed by atoms with Crippen molar-refractivity contribution in [1.29, 1.82) is 0 Å². The second kappa shape index (κ2) is 9.00. The van der Waals surface area contributed by atoms with E-state index in [0.29, 0.717) is 37.8 Å². The number of carbonyl (C=O) groups excluding carboxylic acids is 1. The third kappa shape index (κ3) is 5.36. The van der Waals surface area contributed by atoms with Gasteiger partial charge in [0.05, 0.1) is 0 Å². The fraction of sp³-hybridized carbons (Fsp3) is 0.455. The van der Waals surface area contributed by atoms with Gasteiger partial charge in [-0.15, -0.1) is 0 Å². The van der Waals surface area contributed by atoms with Crippen molar-refractivity contribution in [1.82, 2.24) is 30.0 Å². The van der Waals surface area contributed by atoms with Gasteiger partial charge in [-0.25, -0.2) is 4.79 Å². The first-order chi connectivity index (χ1) is 15.7. The van der Waals surface area contributed by atoms with Gasteiger partial charge in [0.25, 0.3) is 0 Å². The van der Waals surface area contributed by atoms with E-state index in [2.05, 4.69) is 25.1 Å². The summed E-state index contributed by atoms with van der Waals surface area (Å²) in [6, 6.07) is 9.67. The molecule has 0 atom stereocenters. The zero-order valence-corrected chi connectivity index (χ0v) is 19.2. The number of para-hydroxylation sites is 1. The molecule has 3 heterocycles. The zero-order chi connectivity index (χ0) is 23.6. The van der Waals surface area contributed by atoms with Gasteiger partial charge in [-0.05, 0) is 45.7 Å². The fourth-order valence-electron chi connectivity index (χ4n) is 3.53. The van der Waals surface area contributed by atoms with E-state index in [9.17, 15) is 4.79 Å². The van der Waals surface area contributed by atoms with Crippen LogP contribution in [0.25, 0.3) is 11.6 Å². The summed E-state index contributed by atoms with van der Waals surface area (Å²) in [5, 5.41) is 4.06. The number of piperidine rings is 1. The van der Waals surface area contributed by atoms with Crippen LogP contribution >= 0.6 is 0 Å². The van der Waals surface area contributed by atoms with E-state index in [4.69, 9.17) is 15.0 Å². The molecule has 1 aromatic carbocycles. The van der Waals surface area contributed by atoms with Crippen LogP contribution in [0, 0.1) is 0 Å². The van der Waals surface area contributed by atoms with Gasteiger partial charge in [0.2, 0.25) is 29.4 Å². The van der Waals surface area contributed by atoms with Crippen molar-refractivity contribution in [2.24, 2.45) is 0 Å². The normalized spacial score (nSPS) is 14.8. The van der Waals surface area contributed by atoms with Gasteiger partial charge >= 0.3 is 6.09 Å². The molecule has 0 saturated carbocycles. The van der Waals surface area contributed by atoms with Crippen molar-refractivity contribution >= 4 is 23.7 Å². The van der Waals surface area contributed by atoms with E-state index in [1.807, 2.05) is 58.2 Å². The Morgan fingerprint density at radius 1 is 1.09 bits per heavy atom. The predicted molar refractivity (Wildman–Crippen MR) is 122 cm³/mol. The first-order valence-corrected chi connectivity index (χ1v) is 10.8. The maximum atomic E-state index is 12.3. The highest BCUT2D eigenvalue weighted by molar-refractivity contribution is 5.68. The number of ether oxygens (including phenoxy) is 1. The Bertz CT molecular complexity index is 1100. The maximum absolute atomic E-state index is 12.3. The number of aromatic nitrogens is 5. The Kier molecular flexibility index (Phi) is 6.12. The molecule has 0 radical (unpaired) electrons. The lowest BCUT2D eigenvalue weighted by molar-refractivity contribution is 0.0198. The number of rotatable bonds is 4. The van der Waals surface area contributed by atoms with Crippen LogP contribution in [0.4, 0.5) is 22.4 Å². The van der Waals surface area contributed by atoms with Gasteiger partial charge in [0.15, 0.2) is 0 Å². The molecule has 0 spiro atoms. The molecule has 3 aromatic rings. The van der Waals surface area contributed by atoms with Gasteiger partial charge < -0.3 is 24.8 Å². The van der Waals surface area contributed by atoms with E-state index in [0.717, 1.165) is 5.69 Å². The van der Waals surface area contributed by atoms with Crippen LogP contribution < -0.4 is 10.6 Å². The summed E-state index contributed by atoms with van der Waals surface area (Å²) >= 11 is 0. The van der Waals surface area contributed by atoms with Crippen molar-refractivity contribution in [3.63, 3.8) is 0 Å². The molecule has 0 bridgehead atoms. The van der Waals surface area contributed by atoms with E-state index in [-0.39, 0.29) is 29.6 Å². The Morgan fingerprint density at radius 2 is 1.79 bits per heavy atom. The highest BCUT2D eigenvalue weighted by Crippen LogP contribution is 2.29. The minimum Gasteiger partial charge on any atom is -0.444 e. The SMILES string of the molecule is CN(c1ccccc1)c1nc(N)nc(-c2noc(C3CCN(C(=O)OC(C)(C)C)CC3)n2)n1. The van der Waals surface area contributed by atoms with E-state index >= 15 is 0 Å². The molecule has 1 aliphatic heterocycles. The fourth-order valence-corrected chi connectivity index (χ4v) is 3.53. The molecule has 11 heteroatoms. The highest BCUT2D eigenvalue weighted by Gasteiger charge is 2.30. The van der Waals surface area contributed by atoms with Gasteiger partial charge in [-0.3, -0.25) is 0 Å². The lowest BCUT2D eigenvalue weighted by atomic mass is 9.97. The van der Waals surface area contributed by atoms with Crippen molar-refractivity contribution < 1.29 is 14.1 Å². The molecule has 2 N–H and O–H groups in total. The van der Waals surface area contributed by atoms with Crippen molar-refractivity contribution in [2.45, 2.75) is 45.1 Å². The van der Waals surface area contributed by atoms with Gasteiger partial charge in [0.1, 0.15) is 5.60 Å². The van der Waals surface area contributed by atoms with Gasteiger partial charge in [-0.2, -0.15) is 19.9 Å². The predicted octanol–water partition coefficient (Wildman–Crippen LogP) is 3.39. The second-order valence-corrected chi connectivity index (χ2v) is 8.91. The van der Waals surface area contributed by atoms with Crippen LogP contribution in [0.15, 0.2) is 34.9 Å². The summed E-state index contributed by atoms with van der Waals surface area (Å²) < 4.78 is 11.0. The van der Waals surface area contributed by atoms with Crippen LogP contribution in [-0.2, 0) is 4.74 Å². The Balaban J connectivity index is 1.46. The summed E-state index contributed by atoms with van der Waals surface area (Å²) in [7, 11) is 1.84. The molecular formula is C22H28N8O3. The molecule has 4 rings (SSSR count). The molecular weight excluding hydrogens is 424 g/mol. The van der Waals surface area contributed by atoms with Crippen molar-refractivity contribution in [3.8, 4) is 11.6 Å². The minimum atomic E-state index is -0.519. The van der Waals surface area contributed by atoms with E-state index in [1.165, 1.54) is 0 Å². The highest BCUT2D eigenvalue weighted by atomic mass is 16.6. The number of likely N-dealkylation sites (tertiary alicyclic amines) is 1. The summed E-state index contributed by atoms with van der Waals surface area (Å²) in [6.07, 6.45) is 1.09. The number of carbonyl (C=O) groups is 1. The molecule has 11 nitrogen and oxygen atoms in total. The first kappa shape index (κ1) is 22.4. The summed E-state index contributed by atoms with van der Waals surface area (Å²) in [5.74, 6) is 1.45. The molecule has 174 valence electrons. The smallest absolute Gasteiger partial charge is 0.410 e. The molecule has 1 fully saturated rings. The number of nitrogens with two attached hydrogens (primary N) is 1. The van der Waals surface area contributed by atoms with Crippen LogP contribution in [0.1, 0.15) is 45.4 Å². The number of benzene rings is 1. The Labute approximate surface area is 192 Å². The molecule has 1 aliphatic rings. The second-order valence-electron chi connectivity index (χ2n) is 8.91. The summed E-state index contributed by atoms with van der Waals surface area (Å²) in [4.78, 5) is 33.2. The number of amides is 1. The van der Waals surface area contributed by atoms with Gasteiger partial charge in [-0.1, -0.05) is 23.4 Å². The summed E-state index contributed by atoms with van der Waals surface area (Å²) in [6.45, 7) is 6.68. The largest absolute Gasteiger partial charge is 0.444 e. The number of anilines is 3. The van der Waals surface area contributed by atoms with Crippen molar-refractivity contribution in [3.05, 3.63) is 36.2 Å². The zero-order valence-electron chi connectivity index (χ0n) is 19.2. The minimum absolute atomic E-state index is 0.0376. The number of hydrogen-bond donors (Lipinski definition) is 1. The standard InChI is InChI=1S/C22H28N8O3/c1-22(2,3)32-21(31)30-12-10-14(11-13-30)18-24-17(28-33-18)16-25-19(23)27-20(26-16)29(4)15-8-6-5-7-9-15/h5-9,14H,10-13H2,1-4H3,(H2,23,25,26,27). The quantitative estimate of drug-likeness (QED) is 0.627. The van der Waals surface area contributed by atoms with Gasteiger partial charge in [0, 0.05) is 31.7 Å². The number of nitrogens with zero attached hydrogens (tertiary/aromatic N) is 7. The van der Waals surface area contributed by atoms with Crippen LogP contribution in [0.5, 0.6) is 0 Å². The molecule has 0 aliphatic carbocycles. The average molecular weight is 453 g/mol. The number of hydrogen-bond acceptors (Lipinski definition) is 10. The van der Waals surface area contributed by atoms with E-state index in [1.54, 1.807) is 9.80 Å². The van der Waals surface area contributed by atoms with Crippen LogP contribution in [0.2, 0.25) is 0 Å². The average Bonchev–Trinajstić information content (AvgIpc) is 3.28. The third-order valence-electron chi connectivity index (χ3n) is 5.22. The maximum Gasteiger partial charge on any atom is 0.410 e. The molecule has 33 heavy (non-hydrogen) atoms. The molecule has 2 aromatic heterocycles. The first-order valence-electron chi connectivity index (χ1n) is 10.8. The molecule has 1 amide bonds. The van der Waals surface area contributed by atoms with Crippen LogP contribution in [-0.4, -0.2) is 61.8 Å². The molecule has 0 unspecified atom stereocenters.